The lowest BCUT2D eigenvalue weighted by Crippen LogP contribution is -2.50. The summed E-state index contributed by atoms with van der Waals surface area (Å²) in [6, 6.07) is 17.7. The Labute approximate surface area is 251 Å². The smallest absolute Gasteiger partial charge is 0.408 e. The highest BCUT2D eigenvalue weighted by molar-refractivity contribution is 6.06. The lowest BCUT2D eigenvalue weighted by molar-refractivity contribution is -0.139. The van der Waals surface area contributed by atoms with Crippen molar-refractivity contribution in [1.82, 2.24) is 30.8 Å². The number of carboxylic acid groups (broad SMARTS) is 1. The zero-order valence-corrected chi connectivity index (χ0v) is 23.5. The number of aromatic amines is 1. The van der Waals surface area contributed by atoms with Gasteiger partial charge in [-0.05, 0) is 41.3 Å². The second-order valence-corrected chi connectivity index (χ2v) is 10.2. The Bertz CT molecular complexity index is 1670. The highest BCUT2D eigenvalue weighted by Gasteiger charge is 2.38. The molecule has 4 aromatic rings. The number of benzene rings is 3. The number of amides is 5. The van der Waals surface area contributed by atoms with Crippen LogP contribution in [0.15, 0.2) is 66.7 Å². The zero-order chi connectivity index (χ0) is 31.1. The molecule has 5 rings (SSSR count). The summed E-state index contributed by atoms with van der Waals surface area (Å²) in [7, 11) is 0. The van der Waals surface area contributed by atoms with Crippen LogP contribution in [0.4, 0.5) is 15.5 Å². The van der Waals surface area contributed by atoms with Gasteiger partial charge in [-0.1, -0.05) is 54.6 Å². The van der Waals surface area contributed by atoms with Crippen LogP contribution in [0, 0.1) is 0 Å². The van der Waals surface area contributed by atoms with E-state index in [1.807, 2.05) is 60.7 Å². The number of nitrogens with zero attached hydrogens (tertiary/aromatic N) is 2. The molecule has 6 N–H and O–H groups in total. The second-order valence-electron chi connectivity index (χ2n) is 10.2. The van der Waals surface area contributed by atoms with Gasteiger partial charge in [0, 0.05) is 13.1 Å². The van der Waals surface area contributed by atoms with Crippen LogP contribution in [0.5, 0.6) is 0 Å². The zero-order valence-electron chi connectivity index (χ0n) is 23.5. The minimum absolute atomic E-state index is 0.0881. The van der Waals surface area contributed by atoms with Gasteiger partial charge in [0.05, 0.1) is 11.0 Å². The first-order valence-electron chi connectivity index (χ1n) is 14.0. The molecule has 1 fully saturated rings. The number of carbonyl (C=O) groups is 5. The minimum Gasteiger partial charge on any atom is -0.480 e. The second kappa shape index (κ2) is 13.5. The van der Waals surface area contributed by atoms with E-state index in [0.29, 0.717) is 25.3 Å². The molecule has 0 unspecified atom stereocenters. The van der Waals surface area contributed by atoms with E-state index in [2.05, 4.69) is 31.2 Å². The maximum atomic E-state index is 12.8. The van der Waals surface area contributed by atoms with Crippen LogP contribution in [0.25, 0.3) is 21.8 Å². The molecular formula is C30H31N7O7. The van der Waals surface area contributed by atoms with Crippen molar-refractivity contribution < 1.29 is 33.8 Å². The van der Waals surface area contributed by atoms with Gasteiger partial charge < -0.3 is 36.1 Å². The minimum atomic E-state index is -1.51. The number of rotatable bonds is 13. The Balaban J connectivity index is 1.04. The van der Waals surface area contributed by atoms with Crippen LogP contribution in [-0.2, 0) is 25.7 Å². The van der Waals surface area contributed by atoms with E-state index in [0.717, 1.165) is 32.3 Å². The third kappa shape index (κ3) is 7.21. The molecule has 2 atom stereocenters. The highest BCUT2D eigenvalue weighted by Crippen LogP contribution is 2.19. The van der Waals surface area contributed by atoms with Crippen LogP contribution in [-0.4, -0.2) is 81.6 Å². The number of carbonyl (C=O) groups excluding carboxylic acids is 4. The summed E-state index contributed by atoms with van der Waals surface area (Å²) in [5.41, 5.74) is 2.46. The number of imide groups is 1. The number of nitrogens with one attached hydrogen (secondary N) is 5. The van der Waals surface area contributed by atoms with Gasteiger partial charge in [-0.2, -0.15) is 0 Å². The summed E-state index contributed by atoms with van der Waals surface area (Å²) in [6.07, 6.45) is -0.107. The fourth-order valence-electron chi connectivity index (χ4n) is 4.83. The monoisotopic (exact) mass is 601 g/mol. The van der Waals surface area contributed by atoms with Crippen LogP contribution < -0.4 is 21.3 Å². The van der Waals surface area contributed by atoms with Gasteiger partial charge in [0.2, 0.25) is 11.9 Å². The maximum Gasteiger partial charge on any atom is 0.408 e. The normalized spacial score (nSPS) is 15.2. The van der Waals surface area contributed by atoms with Crippen LogP contribution in [0.2, 0.25) is 0 Å². The number of imidazole rings is 1. The largest absolute Gasteiger partial charge is 0.480 e. The van der Waals surface area contributed by atoms with Crippen molar-refractivity contribution >= 4 is 57.7 Å². The van der Waals surface area contributed by atoms with Crippen molar-refractivity contribution in [3.8, 4) is 0 Å². The summed E-state index contributed by atoms with van der Waals surface area (Å²) in [5, 5.41) is 21.6. The number of hydrogen-bond acceptors (Lipinski definition) is 8. The molecule has 228 valence electrons. The third-order valence-corrected chi connectivity index (χ3v) is 7.09. The number of carboxylic acids is 1. The van der Waals surface area contributed by atoms with Crippen molar-refractivity contribution in [2.45, 2.75) is 31.5 Å². The van der Waals surface area contributed by atoms with E-state index in [1.165, 1.54) is 0 Å². The van der Waals surface area contributed by atoms with E-state index in [-0.39, 0.29) is 6.61 Å². The maximum absolute atomic E-state index is 12.8. The summed E-state index contributed by atoms with van der Waals surface area (Å²) in [5.74, 6) is -2.13. The fraction of sp³-hybridized carbons (Fsp3) is 0.267. The Hall–Kier alpha value is -5.66. The molecular weight excluding hydrogens is 570 g/mol. The Morgan fingerprint density at radius 1 is 1.02 bits per heavy atom. The standard InChI is InChI=1S/C30H31N7O7/c38-25(32-15-24(27(40)41)36-30(43)44-17-19-9-5-8-18-7-1-2-10-20(18)19)16-37-26(39)23(35-29(37)42)13-6-14-31-28-33-21-11-3-4-12-22(21)34-28/h1-5,7-12,23-24H,6,13-17H2,(H,32,38)(H,35,42)(H,36,43)(H,40,41)(H2,31,33,34)/t23-,24-/m0/s1. The number of alkyl carbamates (subject to hydrolysis) is 1. The number of anilines is 1. The van der Waals surface area contributed by atoms with E-state index in [1.54, 1.807) is 6.07 Å². The van der Waals surface area contributed by atoms with E-state index >= 15 is 0 Å². The van der Waals surface area contributed by atoms with Gasteiger partial charge >= 0.3 is 18.1 Å². The molecule has 14 nitrogen and oxygen atoms in total. The van der Waals surface area contributed by atoms with Gasteiger partial charge in [-0.15, -0.1) is 0 Å². The molecule has 1 aromatic heterocycles. The van der Waals surface area contributed by atoms with Crippen LogP contribution in [0.3, 0.4) is 0 Å². The summed E-state index contributed by atoms with van der Waals surface area (Å²) < 4.78 is 5.21. The Morgan fingerprint density at radius 2 is 1.80 bits per heavy atom. The first-order valence-corrected chi connectivity index (χ1v) is 14.0. The van der Waals surface area contributed by atoms with Gasteiger partial charge in [-0.3, -0.25) is 14.5 Å². The van der Waals surface area contributed by atoms with Gasteiger partial charge in [0.25, 0.3) is 5.91 Å². The van der Waals surface area contributed by atoms with E-state index in [4.69, 9.17) is 4.74 Å². The average Bonchev–Trinajstić information content (AvgIpc) is 3.55. The topological polar surface area (TPSA) is 195 Å². The van der Waals surface area contributed by atoms with Crippen molar-refractivity contribution in [2.75, 3.05) is 25.0 Å². The number of hydrogen-bond donors (Lipinski definition) is 6. The lowest BCUT2D eigenvalue weighted by atomic mass is 10.1. The average molecular weight is 602 g/mol. The molecule has 0 saturated carbocycles. The van der Waals surface area contributed by atoms with Gasteiger partial charge in [-0.25, -0.2) is 19.4 Å². The number of para-hydroxylation sites is 2. The van der Waals surface area contributed by atoms with Crippen LogP contribution in [0.1, 0.15) is 18.4 Å². The van der Waals surface area contributed by atoms with E-state index < -0.39 is 55.1 Å². The fourth-order valence-corrected chi connectivity index (χ4v) is 4.83. The van der Waals surface area contributed by atoms with Gasteiger partial charge in [0.15, 0.2) is 0 Å². The molecule has 1 aliphatic heterocycles. The molecule has 2 heterocycles. The molecule has 1 saturated heterocycles. The molecule has 5 amide bonds. The van der Waals surface area contributed by atoms with Crippen molar-refractivity contribution in [1.29, 1.82) is 0 Å². The summed E-state index contributed by atoms with van der Waals surface area (Å²) >= 11 is 0. The summed E-state index contributed by atoms with van der Waals surface area (Å²) in [6.45, 7) is -0.683. The number of aliphatic carboxylic acids is 1. The molecule has 0 spiro atoms. The molecule has 3 aromatic carbocycles. The predicted molar refractivity (Wildman–Crippen MR) is 160 cm³/mol. The molecule has 44 heavy (non-hydrogen) atoms. The SMILES string of the molecule is O=C(CN1C(=O)N[C@@H](CCCNc2nc3ccccc3[nH]2)C1=O)NC[C@H](NC(=O)OCc1cccc2ccccc12)C(=O)O. The van der Waals surface area contributed by atoms with Crippen molar-refractivity contribution in [2.24, 2.45) is 0 Å². The molecule has 0 bridgehead atoms. The highest BCUT2D eigenvalue weighted by atomic mass is 16.5. The number of urea groups is 1. The molecule has 0 radical (unpaired) electrons. The van der Waals surface area contributed by atoms with Crippen LogP contribution >= 0.6 is 0 Å². The number of fused-ring (bicyclic) bond motifs is 2. The molecule has 14 heteroatoms. The van der Waals surface area contributed by atoms with Gasteiger partial charge in [0.1, 0.15) is 25.2 Å². The number of ether oxygens (including phenoxy) is 1. The lowest BCUT2D eigenvalue weighted by Gasteiger charge is -2.17. The quantitative estimate of drug-likeness (QED) is 0.0985. The number of H-pyrrole nitrogens is 1. The Kier molecular flexibility index (Phi) is 9.18. The van der Waals surface area contributed by atoms with Crippen molar-refractivity contribution in [3.05, 3.63) is 72.3 Å². The predicted octanol–water partition coefficient (Wildman–Crippen LogP) is 2.32. The molecule has 1 aliphatic rings. The Morgan fingerprint density at radius 3 is 2.61 bits per heavy atom. The third-order valence-electron chi connectivity index (χ3n) is 7.09. The number of aromatic nitrogens is 2. The van der Waals surface area contributed by atoms with E-state index in [9.17, 15) is 29.1 Å². The van der Waals surface area contributed by atoms with Crippen molar-refractivity contribution in [3.63, 3.8) is 0 Å². The first-order chi connectivity index (χ1) is 21.3. The first kappa shape index (κ1) is 29.8. The molecule has 0 aliphatic carbocycles. The summed E-state index contributed by atoms with van der Waals surface area (Å²) in [4.78, 5) is 70.0.